The molecule has 86 valence electrons. The zero-order chi connectivity index (χ0) is 11.1. The average Bonchev–Trinajstić information content (AvgIpc) is 2.56. The molecule has 0 amide bonds. The van der Waals surface area contributed by atoms with Crippen LogP contribution in [0.4, 0.5) is 0 Å². The summed E-state index contributed by atoms with van der Waals surface area (Å²) in [6.45, 7) is 7.88. The molecule has 1 aliphatic carbocycles. The molecule has 1 saturated heterocycles. The number of aliphatic hydroxyl groups is 1. The molecule has 1 aliphatic heterocycles. The molecule has 0 radical (unpaired) electrons. The molecule has 0 aromatic rings. The summed E-state index contributed by atoms with van der Waals surface area (Å²) in [4.78, 5) is 0. The minimum atomic E-state index is -1.61. The number of rotatable bonds is 2. The van der Waals surface area contributed by atoms with Gasteiger partial charge in [0.15, 0.2) is 0 Å². The van der Waals surface area contributed by atoms with Crippen LogP contribution in [0.3, 0.4) is 0 Å². The van der Waals surface area contributed by atoms with E-state index in [2.05, 4.69) is 20.8 Å². The van der Waals surface area contributed by atoms with Crippen molar-refractivity contribution in [1.82, 2.24) is 0 Å². The molecule has 1 N–H and O–H groups in total. The monoisotopic (exact) mass is 402 g/mol. The predicted octanol–water partition coefficient (Wildman–Crippen LogP) is 3.46. The number of hydrogen-bond donors (Lipinski definition) is 1. The van der Waals surface area contributed by atoms with E-state index in [0.717, 1.165) is 18.3 Å². The molecule has 2 fully saturated rings. The first-order valence-electron chi connectivity index (χ1n) is 6.70. The van der Waals surface area contributed by atoms with Crippen molar-refractivity contribution in [3.63, 3.8) is 0 Å². The van der Waals surface area contributed by atoms with E-state index in [1.807, 2.05) is 0 Å². The van der Waals surface area contributed by atoms with Crippen LogP contribution in [0.15, 0.2) is 0 Å². The predicted molar refractivity (Wildman–Crippen MR) is 66.6 cm³/mol. The Balaban J connectivity index is 2.17. The second kappa shape index (κ2) is 4.63. The normalized spacial score (nSPS) is 42.8. The number of hydrogen-bond acceptors (Lipinski definition) is 1. The van der Waals surface area contributed by atoms with Gasteiger partial charge in [0.05, 0.1) is 0 Å². The topological polar surface area (TPSA) is 20.2 Å². The fraction of sp³-hybridized carbons (Fsp3) is 1.00. The van der Waals surface area contributed by atoms with E-state index in [9.17, 15) is 5.11 Å². The van der Waals surface area contributed by atoms with Gasteiger partial charge in [0, 0.05) is 0 Å². The van der Waals surface area contributed by atoms with Crippen LogP contribution >= 0.6 is 0 Å². The van der Waals surface area contributed by atoms with Gasteiger partial charge in [0.1, 0.15) is 0 Å². The SMILES string of the molecule is CC1CCC[C]2(C)C1C[CH2][Tl]2[C@H](C)CO. The Bertz CT molecular complexity index is 231. The maximum atomic E-state index is 9.42. The summed E-state index contributed by atoms with van der Waals surface area (Å²) in [6.07, 6.45) is 5.93. The van der Waals surface area contributed by atoms with Crippen molar-refractivity contribution in [1.29, 1.82) is 0 Å². The first-order valence-corrected chi connectivity index (χ1v) is 14.7. The van der Waals surface area contributed by atoms with Crippen LogP contribution in [0.5, 0.6) is 0 Å². The van der Waals surface area contributed by atoms with Crippen molar-refractivity contribution in [2.75, 3.05) is 6.61 Å². The summed E-state index contributed by atoms with van der Waals surface area (Å²) in [6, 6.07) is 0. The third kappa shape index (κ3) is 2.03. The molecule has 15 heavy (non-hydrogen) atoms. The van der Waals surface area contributed by atoms with Gasteiger partial charge in [-0.25, -0.2) is 0 Å². The van der Waals surface area contributed by atoms with Crippen LogP contribution in [0.25, 0.3) is 0 Å². The Morgan fingerprint density at radius 2 is 2.20 bits per heavy atom. The number of aliphatic hydroxyl groups excluding tert-OH is 1. The van der Waals surface area contributed by atoms with Gasteiger partial charge in [-0.15, -0.1) is 0 Å². The molecule has 0 aromatic heterocycles. The van der Waals surface area contributed by atoms with Crippen molar-refractivity contribution in [2.45, 2.75) is 56.9 Å². The Hall–Kier alpha value is 0.882. The quantitative estimate of drug-likeness (QED) is 0.703. The fourth-order valence-corrected chi connectivity index (χ4v) is 24.6. The fourth-order valence-electron chi connectivity index (χ4n) is 4.67. The average molecular weight is 402 g/mol. The van der Waals surface area contributed by atoms with E-state index in [1.165, 1.54) is 25.7 Å². The molecule has 2 aliphatic rings. The van der Waals surface area contributed by atoms with Crippen molar-refractivity contribution in [3.8, 4) is 0 Å². The Kier molecular flexibility index (Phi) is 3.81. The first-order chi connectivity index (χ1) is 7.09. The summed E-state index contributed by atoms with van der Waals surface area (Å²) < 4.78 is 3.07. The zero-order valence-electron chi connectivity index (χ0n) is 10.5. The molecule has 0 spiro atoms. The van der Waals surface area contributed by atoms with Crippen LogP contribution in [0, 0.1) is 11.8 Å². The molecular formula is C13H25OTl. The van der Waals surface area contributed by atoms with Gasteiger partial charge >= 0.3 is 103 Å². The number of fused-ring (bicyclic) bond motifs is 1. The third-order valence-corrected chi connectivity index (χ3v) is 24.8. The molecule has 1 nitrogen and oxygen atoms in total. The van der Waals surface area contributed by atoms with Crippen LogP contribution in [-0.2, 0) is 0 Å². The van der Waals surface area contributed by atoms with Gasteiger partial charge < -0.3 is 0 Å². The van der Waals surface area contributed by atoms with E-state index < -0.39 is 22.7 Å². The van der Waals surface area contributed by atoms with Gasteiger partial charge in [0.2, 0.25) is 0 Å². The molecule has 0 bridgehead atoms. The Labute approximate surface area is 103 Å². The Morgan fingerprint density at radius 1 is 1.47 bits per heavy atom. The molecule has 1 heterocycles. The second-order valence-electron chi connectivity index (χ2n) is 6.33. The van der Waals surface area contributed by atoms with Gasteiger partial charge in [-0.2, -0.15) is 0 Å². The van der Waals surface area contributed by atoms with E-state index in [1.54, 1.807) is 3.98 Å². The first kappa shape index (κ1) is 12.3. The van der Waals surface area contributed by atoms with Gasteiger partial charge in [-0.05, 0) is 0 Å². The summed E-state index contributed by atoms with van der Waals surface area (Å²) in [7, 11) is 0. The summed E-state index contributed by atoms with van der Waals surface area (Å²) >= 11 is -1.61. The molecule has 2 rings (SSSR count). The summed E-state index contributed by atoms with van der Waals surface area (Å²) in [5.41, 5.74) is 0. The van der Waals surface area contributed by atoms with E-state index >= 15 is 0 Å². The van der Waals surface area contributed by atoms with E-state index in [-0.39, 0.29) is 0 Å². The molecular weight excluding hydrogens is 377 g/mol. The molecule has 4 atom stereocenters. The minimum absolute atomic E-state index is 0.475. The molecule has 1 saturated carbocycles. The van der Waals surface area contributed by atoms with Crippen LogP contribution < -0.4 is 0 Å². The Morgan fingerprint density at radius 3 is 2.87 bits per heavy atom. The van der Waals surface area contributed by atoms with Crippen molar-refractivity contribution in [3.05, 3.63) is 0 Å². The molecule has 2 heteroatoms. The van der Waals surface area contributed by atoms with Crippen molar-refractivity contribution < 1.29 is 5.11 Å². The maximum absolute atomic E-state index is 9.42. The molecule has 0 aromatic carbocycles. The zero-order valence-corrected chi connectivity index (χ0v) is 15.0. The second-order valence-corrected chi connectivity index (χ2v) is 22.8. The molecule has 3 unspecified atom stereocenters. The van der Waals surface area contributed by atoms with Gasteiger partial charge in [-0.3, -0.25) is 0 Å². The standard InChI is InChI=1S/C10H18.C3H7O.Tl/c1-4-10-8(2)6-5-7-9(10)3;1-2-3-4;/h8,10H,1,4-7H2,2-3H3;2,4H,3H2,1H3;. The third-order valence-electron chi connectivity index (χ3n) is 5.52. The van der Waals surface area contributed by atoms with Gasteiger partial charge in [-0.1, -0.05) is 0 Å². The summed E-state index contributed by atoms with van der Waals surface area (Å²) in [5, 5.41) is 9.42. The van der Waals surface area contributed by atoms with Crippen LogP contribution in [0.1, 0.15) is 46.5 Å². The van der Waals surface area contributed by atoms with Crippen molar-refractivity contribution >= 4 is 22.7 Å². The van der Waals surface area contributed by atoms with E-state index in [0.29, 0.717) is 6.61 Å². The van der Waals surface area contributed by atoms with Crippen molar-refractivity contribution in [2.24, 2.45) is 11.8 Å². The van der Waals surface area contributed by atoms with Crippen LogP contribution in [-0.4, -0.2) is 34.4 Å². The van der Waals surface area contributed by atoms with Crippen LogP contribution in [0.2, 0.25) is 10.4 Å². The summed E-state index contributed by atoms with van der Waals surface area (Å²) in [5.74, 6) is 2.01. The van der Waals surface area contributed by atoms with Gasteiger partial charge in [0.25, 0.3) is 0 Å². The van der Waals surface area contributed by atoms with E-state index in [4.69, 9.17) is 0 Å².